The topological polar surface area (TPSA) is 107 Å². The van der Waals surface area contributed by atoms with Gasteiger partial charge >= 0.3 is 0 Å². The lowest BCUT2D eigenvalue weighted by atomic mass is 10.1. The number of sulfonamides is 1. The fourth-order valence-electron chi connectivity index (χ4n) is 3.50. The Balaban J connectivity index is 1.66. The minimum Gasteiger partial charge on any atom is -0.322 e. The van der Waals surface area contributed by atoms with Crippen LogP contribution in [-0.2, 0) is 14.8 Å². The average molecular weight is 473 g/mol. The third-order valence-corrected chi connectivity index (χ3v) is 6.34. The van der Waals surface area contributed by atoms with E-state index in [0.717, 1.165) is 28.1 Å². The van der Waals surface area contributed by atoms with Crippen LogP contribution >= 0.6 is 0 Å². The monoisotopic (exact) mass is 472 g/mol. The van der Waals surface area contributed by atoms with Crippen LogP contribution in [0.15, 0.2) is 90.0 Å². The second kappa shape index (κ2) is 9.46. The van der Waals surface area contributed by atoms with E-state index >= 15 is 0 Å². The molecule has 0 saturated heterocycles. The van der Waals surface area contributed by atoms with Crippen molar-refractivity contribution in [3.05, 3.63) is 102 Å². The van der Waals surface area contributed by atoms with Gasteiger partial charge in [0, 0.05) is 29.1 Å². The van der Waals surface area contributed by atoms with Crippen LogP contribution in [0.5, 0.6) is 0 Å². The second-order valence-corrected chi connectivity index (χ2v) is 9.42. The van der Waals surface area contributed by atoms with E-state index < -0.39 is 15.9 Å². The highest BCUT2D eigenvalue weighted by Crippen LogP contribution is 2.26. The summed E-state index contributed by atoms with van der Waals surface area (Å²) in [4.78, 5) is 12.7. The molecule has 0 bridgehead atoms. The molecule has 1 amide bonds. The highest BCUT2D eigenvalue weighted by atomic mass is 32.2. The Bertz CT molecular complexity index is 1480. The molecule has 0 saturated carbocycles. The highest BCUT2D eigenvalue weighted by Gasteiger charge is 2.14. The Morgan fingerprint density at radius 3 is 2.29 bits per heavy atom. The molecule has 3 aromatic carbocycles. The number of anilines is 1. The smallest absolute Gasteiger partial charge is 0.248 e. The van der Waals surface area contributed by atoms with Gasteiger partial charge in [-0.3, -0.25) is 4.79 Å². The number of para-hydroxylation sites is 1. The van der Waals surface area contributed by atoms with Gasteiger partial charge in [0.2, 0.25) is 15.9 Å². The third kappa shape index (κ3) is 5.14. The highest BCUT2D eigenvalue weighted by molar-refractivity contribution is 7.89. The number of hydrogen-bond acceptors (Lipinski definition) is 4. The van der Waals surface area contributed by atoms with E-state index in [0.29, 0.717) is 11.3 Å². The lowest BCUT2D eigenvalue weighted by Crippen LogP contribution is -2.15. The van der Waals surface area contributed by atoms with E-state index in [4.69, 9.17) is 10.2 Å². The van der Waals surface area contributed by atoms with Crippen LogP contribution in [0.4, 0.5) is 5.69 Å². The molecule has 3 N–H and O–H groups in total. The lowest BCUT2D eigenvalue weighted by Gasteiger charge is -2.11. The summed E-state index contributed by atoms with van der Waals surface area (Å²) in [5.41, 5.74) is 5.17. The number of aryl methyl sites for hydroxylation is 1. The molecular weight excluding hydrogens is 448 g/mol. The number of aromatic nitrogens is 2. The number of carbonyl (C=O) groups excluding carboxylic acids is 1. The zero-order valence-electron chi connectivity index (χ0n) is 18.8. The number of amides is 1. The van der Waals surface area contributed by atoms with Gasteiger partial charge in [-0.25, -0.2) is 18.2 Å². The van der Waals surface area contributed by atoms with E-state index in [1.165, 1.54) is 18.2 Å². The number of benzene rings is 3. The van der Waals surface area contributed by atoms with Gasteiger partial charge in [0.25, 0.3) is 0 Å². The third-order valence-electron chi connectivity index (χ3n) is 5.45. The lowest BCUT2D eigenvalue weighted by molar-refractivity contribution is -0.111. The largest absolute Gasteiger partial charge is 0.322 e. The SMILES string of the molecule is Cc1cc(S(N)(=O)=O)cc(NC(=O)/C=C/c2cn(-c3ccccc3)nc2-c2ccccc2)c1C. The molecule has 1 aromatic heterocycles. The second-order valence-electron chi connectivity index (χ2n) is 7.86. The minimum atomic E-state index is -3.90. The van der Waals surface area contributed by atoms with Gasteiger partial charge in [0.1, 0.15) is 0 Å². The quantitative estimate of drug-likeness (QED) is 0.404. The molecule has 7 nitrogen and oxygen atoms in total. The fourth-order valence-corrected chi connectivity index (χ4v) is 4.13. The number of nitrogens with one attached hydrogen (secondary N) is 1. The molecule has 34 heavy (non-hydrogen) atoms. The molecule has 0 spiro atoms. The number of nitrogens with zero attached hydrogens (tertiary/aromatic N) is 2. The molecule has 0 aliphatic heterocycles. The van der Waals surface area contributed by atoms with Gasteiger partial charge in [-0.2, -0.15) is 5.10 Å². The first-order valence-corrected chi connectivity index (χ1v) is 12.1. The summed E-state index contributed by atoms with van der Waals surface area (Å²) in [6.45, 7) is 3.57. The van der Waals surface area contributed by atoms with Crippen LogP contribution < -0.4 is 10.5 Å². The van der Waals surface area contributed by atoms with Crippen molar-refractivity contribution in [3.63, 3.8) is 0 Å². The van der Waals surface area contributed by atoms with Crippen LogP contribution in [-0.4, -0.2) is 24.1 Å². The fraction of sp³-hybridized carbons (Fsp3) is 0.0769. The number of nitrogens with two attached hydrogens (primary N) is 1. The Morgan fingerprint density at radius 1 is 1.00 bits per heavy atom. The van der Waals surface area contributed by atoms with Crippen molar-refractivity contribution >= 4 is 27.7 Å². The van der Waals surface area contributed by atoms with Crippen molar-refractivity contribution in [2.45, 2.75) is 18.7 Å². The molecule has 8 heteroatoms. The number of rotatable bonds is 6. The zero-order valence-corrected chi connectivity index (χ0v) is 19.6. The molecular formula is C26H24N4O3S. The summed E-state index contributed by atoms with van der Waals surface area (Å²) in [6.07, 6.45) is 4.95. The molecule has 0 unspecified atom stereocenters. The summed E-state index contributed by atoms with van der Waals surface area (Å²) in [5.74, 6) is -0.402. The first kappa shape index (κ1) is 23.2. The van der Waals surface area contributed by atoms with E-state index in [1.54, 1.807) is 24.6 Å². The summed E-state index contributed by atoms with van der Waals surface area (Å²) in [6, 6.07) is 22.3. The first-order valence-electron chi connectivity index (χ1n) is 10.6. The molecule has 0 aliphatic carbocycles. The van der Waals surface area contributed by atoms with Gasteiger partial charge < -0.3 is 5.32 Å². The Kier molecular flexibility index (Phi) is 6.45. The van der Waals surface area contributed by atoms with Crippen molar-refractivity contribution in [1.29, 1.82) is 0 Å². The number of carbonyl (C=O) groups is 1. The minimum absolute atomic E-state index is 0.0506. The summed E-state index contributed by atoms with van der Waals surface area (Å²) < 4.78 is 25.3. The summed E-state index contributed by atoms with van der Waals surface area (Å²) in [7, 11) is -3.90. The number of hydrogen-bond donors (Lipinski definition) is 2. The number of primary sulfonamides is 1. The predicted octanol–water partition coefficient (Wildman–Crippen LogP) is 4.46. The van der Waals surface area contributed by atoms with Crippen LogP contribution in [0, 0.1) is 13.8 Å². The Hall–Kier alpha value is -4.01. The van der Waals surface area contributed by atoms with Crippen molar-refractivity contribution in [3.8, 4) is 16.9 Å². The Labute approximate surface area is 198 Å². The normalized spacial score (nSPS) is 11.6. The van der Waals surface area contributed by atoms with Crippen molar-refractivity contribution < 1.29 is 13.2 Å². The van der Waals surface area contributed by atoms with Crippen molar-refractivity contribution in [2.24, 2.45) is 5.14 Å². The maximum Gasteiger partial charge on any atom is 0.248 e. The van der Waals surface area contributed by atoms with E-state index in [-0.39, 0.29) is 4.90 Å². The summed E-state index contributed by atoms with van der Waals surface area (Å²) in [5, 5.41) is 12.8. The van der Waals surface area contributed by atoms with Gasteiger partial charge in [-0.15, -0.1) is 0 Å². The molecule has 4 aromatic rings. The van der Waals surface area contributed by atoms with Crippen LogP contribution in [0.3, 0.4) is 0 Å². The van der Waals surface area contributed by atoms with Crippen LogP contribution in [0.1, 0.15) is 16.7 Å². The molecule has 1 heterocycles. The molecule has 0 radical (unpaired) electrons. The van der Waals surface area contributed by atoms with E-state index in [1.807, 2.05) is 66.9 Å². The summed E-state index contributed by atoms with van der Waals surface area (Å²) >= 11 is 0. The molecule has 4 rings (SSSR count). The van der Waals surface area contributed by atoms with E-state index in [2.05, 4.69) is 5.32 Å². The molecule has 0 aliphatic rings. The van der Waals surface area contributed by atoms with Gasteiger partial charge in [-0.1, -0.05) is 48.5 Å². The van der Waals surface area contributed by atoms with E-state index in [9.17, 15) is 13.2 Å². The molecule has 0 atom stereocenters. The standard InChI is InChI=1S/C26H24N4O3S/c1-18-15-23(34(27,32)33)16-24(19(18)2)28-25(31)14-13-21-17-30(22-11-7-4-8-12-22)29-26(21)20-9-5-3-6-10-20/h3-17H,1-2H3,(H,28,31)(H2,27,32,33)/b14-13+. The Morgan fingerprint density at radius 2 is 1.65 bits per heavy atom. The van der Waals surface area contributed by atoms with Gasteiger partial charge in [0.15, 0.2) is 0 Å². The zero-order chi connectivity index (χ0) is 24.3. The van der Waals surface area contributed by atoms with Crippen molar-refractivity contribution in [2.75, 3.05) is 5.32 Å². The first-order chi connectivity index (χ1) is 16.2. The maximum absolute atomic E-state index is 12.7. The van der Waals surface area contributed by atoms with Gasteiger partial charge in [-0.05, 0) is 55.3 Å². The molecule has 172 valence electrons. The predicted molar refractivity (Wildman–Crippen MR) is 134 cm³/mol. The maximum atomic E-state index is 12.7. The van der Waals surface area contributed by atoms with Gasteiger partial charge in [0.05, 0.1) is 16.3 Å². The average Bonchev–Trinajstić information content (AvgIpc) is 3.25. The van der Waals surface area contributed by atoms with Crippen molar-refractivity contribution in [1.82, 2.24) is 9.78 Å². The van der Waals surface area contributed by atoms with Crippen LogP contribution in [0.25, 0.3) is 23.0 Å². The van der Waals surface area contributed by atoms with Crippen LogP contribution in [0.2, 0.25) is 0 Å². The molecule has 0 fully saturated rings.